The molecule has 0 saturated carbocycles. The third-order valence-electron chi connectivity index (χ3n) is 2.08. The van der Waals surface area contributed by atoms with Crippen LogP contribution in [-0.4, -0.2) is 19.5 Å². The lowest BCUT2D eigenvalue weighted by atomic mass is 10.3. The van der Waals surface area contributed by atoms with Crippen molar-refractivity contribution in [2.75, 3.05) is 0 Å². The molecule has 2 heterocycles. The van der Waals surface area contributed by atoms with Gasteiger partial charge in [-0.1, -0.05) is 11.6 Å². The van der Waals surface area contributed by atoms with Crippen molar-refractivity contribution < 1.29 is 0 Å². The van der Waals surface area contributed by atoms with Gasteiger partial charge in [0.2, 0.25) is 5.28 Å². The molecule has 16 heavy (non-hydrogen) atoms. The van der Waals surface area contributed by atoms with Crippen molar-refractivity contribution in [3.05, 3.63) is 27.0 Å². The van der Waals surface area contributed by atoms with Gasteiger partial charge in [0.05, 0.1) is 6.20 Å². The summed E-state index contributed by atoms with van der Waals surface area (Å²) in [4.78, 5) is 23.5. The highest BCUT2D eigenvalue weighted by atomic mass is 35.5. The monoisotopic (exact) mass is 258 g/mol. The quantitative estimate of drug-likeness (QED) is 0.735. The summed E-state index contributed by atoms with van der Waals surface area (Å²) in [7, 11) is 0. The second-order valence-corrected chi connectivity index (χ2v) is 4.22. The second-order valence-electron chi connectivity index (χ2n) is 3.52. The Morgan fingerprint density at radius 1 is 1.31 bits per heavy atom. The summed E-state index contributed by atoms with van der Waals surface area (Å²) >= 11 is 11.4. The van der Waals surface area contributed by atoms with Crippen LogP contribution in [0.25, 0.3) is 11.2 Å². The van der Waals surface area contributed by atoms with E-state index < -0.39 is 0 Å². The summed E-state index contributed by atoms with van der Waals surface area (Å²) < 4.78 is 1.44. The van der Waals surface area contributed by atoms with Gasteiger partial charge < -0.3 is 0 Å². The Kier molecular flexibility index (Phi) is 2.82. The van der Waals surface area contributed by atoms with E-state index >= 15 is 0 Å². The number of aromatic nitrogens is 4. The Labute approximate surface area is 101 Å². The molecule has 0 aliphatic rings. The fourth-order valence-electron chi connectivity index (χ4n) is 1.43. The van der Waals surface area contributed by atoms with Gasteiger partial charge >= 0.3 is 0 Å². The van der Waals surface area contributed by atoms with Crippen molar-refractivity contribution in [3.63, 3.8) is 0 Å². The van der Waals surface area contributed by atoms with Crippen molar-refractivity contribution in [3.8, 4) is 0 Å². The number of nitrogens with zero attached hydrogens (tertiary/aromatic N) is 4. The van der Waals surface area contributed by atoms with E-state index in [-0.39, 0.29) is 22.0 Å². The lowest BCUT2D eigenvalue weighted by molar-refractivity contribution is 0.592. The van der Waals surface area contributed by atoms with Crippen molar-refractivity contribution in [1.82, 2.24) is 19.5 Å². The SMILES string of the molecule is CC(C)n1c(=O)c(Cl)nc2cnc(Cl)nc21. The molecule has 5 nitrogen and oxygen atoms in total. The van der Waals surface area contributed by atoms with Crippen LogP contribution in [0.15, 0.2) is 11.0 Å². The Morgan fingerprint density at radius 3 is 2.62 bits per heavy atom. The molecule has 2 rings (SSSR count). The lowest BCUT2D eigenvalue weighted by Crippen LogP contribution is -2.24. The second kappa shape index (κ2) is 3.99. The number of rotatable bonds is 1. The maximum absolute atomic E-state index is 11.8. The minimum absolute atomic E-state index is 0.0745. The van der Waals surface area contributed by atoms with E-state index in [2.05, 4.69) is 15.0 Å². The molecule has 7 heteroatoms. The molecule has 84 valence electrons. The Balaban J connectivity index is 2.96. The van der Waals surface area contributed by atoms with Gasteiger partial charge in [-0.2, -0.15) is 4.98 Å². The third-order valence-corrected chi connectivity index (χ3v) is 2.51. The minimum atomic E-state index is -0.376. The average Bonchev–Trinajstić information content (AvgIpc) is 2.20. The molecule has 0 unspecified atom stereocenters. The smallest absolute Gasteiger partial charge is 0.286 e. The normalized spacial score (nSPS) is 11.3. The van der Waals surface area contributed by atoms with Crippen molar-refractivity contribution >= 4 is 34.4 Å². The van der Waals surface area contributed by atoms with Gasteiger partial charge in [0, 0.05) is 6.04 Å². The molecule has 0 radical (unpaired) electrons. The van der Waals surface area contributed by atoms with Gasteiger partial charge in [-0.15, -0.1) is 0 Å². The van der Waals surface area contributed by atoms with Crippen LogP contribution in [0.5, 0.6) is 0 Å². The van der Waals surface area contributed by atoms with Crippen LogP contribution < -0.4 is 5.56 Å². The van der Waals surface area contributed by atoms with E-state index in [4.69, 9.17) is 23.2 Å². The molecule has 0 fully saturated rings. The zero-order valence-corrected chi connectivity index (χ0v) is 10.1. The standard InChI is InChI=1S/C9H8Cl2N4O/c1-4(2)15-7-5(3-12-9(11)14-7)13-6(10)8(15)16/h3-4H,1-2H3. The van der Waals surface area contributed by atoms with E-state index in [0.29, 0.717) is 11.2 Å². The van der Waals surface area contributed by atoms with E-state index in [9.17, 15) is 4.79 Å². The molecule has 2 aromatic rings. The van der Waals surface area contributed by atoms with E-state index in [1.807, 2.05) is 13.8 Å². The molecule has 0 aliphatic carbocycles. The highest BCUT2D eigenvalue weighted by Gasteiger charge is 2.13. The number of fused-ring (bicyclic) bond motifs is 1. The molecular weight excluding hydrogens is 251 g/mol. The van der Waals surface area contributed by atoms with Crippen molar-refractivity contribution in [1.29, 1.82) is 0 Å². The van der Waals surface area contributed by atoms with Crippen LogP contribution in [0.3, 0.4) is 0 Å². The molecule has 0 aromatic carbocycles. The zero-order chi connectivity index (χ0) is 11.9. The molecule has 2 aromatic heterocycles. The predicted molar refractivity (Wildman–Crippen MR) is 62.0 cm³/mol. The van der Waals surface area contributed by atoms with Crippen LogP contribution in [-0.2, 0) is 0 Å². The molecular formula is C9H8Cl2N4O. The Bertz CT molecular complexity index is 608. The van der Waals surface area contributed by atoms with Gasteiger partial charge in [-0.3, -0.25) is 9.36 Å². The molecule has 0 spiro atoms. The van der Waals surface area contributed by atoms with Crippen molar-refractivity contribution in [2.45, 2.75) is 19.9 Å². The maximum atomic E-state index is 11.8. The van der Waals surface area contributed by atoms with Crippen LogP contribution in [0.1, 0.15) is 19.9 Å². The fourth-order valence-corrected chi connectivity index (χ4v) is 1.74. The molecule has 0 bridgehead atoms. The summed E-state index contributed by atoms with van der Waals surface area (Å²) in [6, 6.07) is -0.0820. The van der Waals surface area contributed by atoms with Gasteiger partial charge in [0.1, 0.15) is 5.52 Å². The first-order valence-corrected chi connectivity index (χ1v) is 5.36. The number of hydrogen-bond donors (Lipinski definition) is 0. The lowest BCUT2D eigenvalue weighted by Gasteiger charge is -2.12. The molecule has 0 atom stereocenters. The summed E-state index contributed by atoms with van der Waals surface area (Å²) in [5.41, 5.74) is 0.464. The summed E-state index contributed by atoms with van der Waals surface area (Å²) in [5, 5.41) is -0.0162. The van der Waals surface area contributed by atoms with Crippen LogP contribution in [0, 0.1) is 0 Å². The maximum Gasteiger partial charge on any atom is 0.290 e. The number of halogens is 2. The molecule has 0 aliphatic heterocycles. The first-order chi connectivity index (χ1) is 7.50. The topological polar surface area (TPSA) is 60.7 Å². The first kappa shape index (κ1) is 11.3. The van der Waals surface area contributed by atoms with Gasteiger partial charge in [-0.25, -0.2) is 9.97 Å². The molecule has 0 N–H and O–H groups in total. The zero-order valence-electron chi connectivity index (χ0n) is 8.61. The van der Waals surface area contributed by atoms with Crippen LogP contribution in [0.4, 0.5) is 0 Å². The average molecular weight is 259 g/mol. The first-order valence-electron chi connectivity index (χ1n) is 4.61. The van der Waals surface area contributed by atoms with Crippen molar-refractivity contribution in [2.24, 2.45) is 0 Å². The van der Waals surface area contributed by atoms with E-state index in [1.54, 1.807) is 0 Å². The van der Waals surface area contributed by atoms with E-state index in [1.165, 1.54) is 10.8 Å². The summed E-state index contributed by atoms with van der Waals surface area (Å²) in [6.45, 7) is 3.71. The molecule has 0 amide bonds. The van der Waals surface area contributed by atoms with Gasteiger partial charge in [0.15, 0.2) is 10.8 Å². The van der Waals surface area contributed by atoms with Crippen LogP contribution in [0.2, 0.25) is 10.4 Å². The Hall–Kier alpha value is -1.20. The predicted octanol–water partition coefficient (Wildman–Crippen LogP) is 2.07. The van der Waals surface area contributed by atoms with Gasteiger partial charge in [0.25, 0.3) is 5.56 Å². The highest BCUT2D eigenvalue weighted by Crippen LogP contribution is 2.15. The third kappa shape index (κ3) is 1.76. The summed E-state index contributed by atoms with van der Waals surface area (Å²) in [5.74, 6) is 0. The highest BCUT2D eigenvalue weighted by molar-refractivity contribution is 6.29. The van der Waals surface area contributed by atoms with E-state index in [0.717, 1.165) is 0 Å². The summed E-state index contributed by atoms with van der Waals surface area (Å²) in [6.07, 6.45) is 1.44. The fraction of sp³-hybridized carbons (Fsp3) is 0.333. The largest absolute Gasteiger partial charge is 0.290 e. The van der Waals surface area contributed by atoms with Gasteiger partial charge in [-0.05, 0) is 25.4 Å². The Morgan fingerprint density at radius 2 is 2.00 bits per heavy atom. The minimum Gasteiger partial charge on any atom is -0.286 e. The van der Waals surface area contributed by atoms with Crippen LogP contribution >= 0.6 is 23.2 Å². The number of hydrogen-bond acceptors (Lipinski definition) is 4. The molecule has 0 saturated heterocycles.